The standard InChI is InChI=1S/C28H31N5O4/c1-17(2)37-25-8-7-21(14-23(25)29)28(36)31-22(10-12-34)13-18-3-5-19(6-4-18)24-16-33-11-9-20(27(30)35)15-26(33)32-24/h3-9,11,14-17,22,34H,10,12-13,29H2,1-2H3,(H2,30,35)(H,31,36)/t22-/m1/s1. The molecule has 9 nitrogen and oxygen atoms in total. The van der Waals surface area contributed by atoms with Crippen molar-refractivity contribution in [3.05, 3.63) is 83.7 Å². The smallest absolute Gasteiger partial charge is 0.251 e. The van der Waals surface area contributed by atoms with E-state index >= 15 is 0 Å². The van der Waals surface area contributed by atoms with Crippen molar-refractivity contribution in [1.29, 1.82) is 0 Å². The second-order valence-electron chi connectivity index (χ2n) is 9.17. The number of nitrogens with one attached hydrogen (secondary N) is 1. The average molecular weight is 502 g/mol. The average Bonchev–Trinajstić information content (AvgIpc) is 3.29. The summed E-state index contributed by atoms with van der Waals surface area (Å²) in [6.45, 7) is 3.76. The largest absolute Gasteiger partial charge is 0.489 e. The summed E-state index contributed by atoms with van der Waals surface area (Å²) in [5, 5.41) is 12.6. The van der Waals surface area contributed by atoms with Crippen molar-refractivity contribution >= 4 is 23.1 Å². The van der Waals surface area contributed by atoms with Crippen LogP contribution in [0, 0.1) is 0 Å². The number of aromatic nitrogens is 2. The molecular weight excluding hydrogens is 470 g/mol. The molecule has 192 valence electrons. The molecule has 0 unspecified atom stereocenters. The molecule has 0 spiro atoms. The Kier molecular flexibility index (Phi) is 7.74. The first-order valence-electron chi connectivity index (χ1n) is 12.1. The number of aliphatic hydroxyl groups excluding tert-OH is 1. The van der Waals surface area contributed by atoms with Gasteiger partial charge in [0.05, 0.1) is 17.5 Å². The number of hydrogen-bond acceptors (Lipinski definition) is 6. The van der Waals surface area contributed by atoms with E-state index in [2.05, 4.69) is 10.3 Å². The van der Waals surface area contributed by atoms with Crippen LogP contribution in [0.3, 0.4) is 0 Å². The van der Waals surface area contributed by atoms with Crippen LogP contribution < -0.4 is 21.5 Å². The van der Waals surface area contributed by atoms with Gasteiger partial charge in [0.25, 0.3) is 5.91 Å². The quantitative estimate of drug-likeness (QED) is 0.246. The van der Waals surface area contributed by atoms with E-state index in [4.69, 9.17) is 16.2 Å². The Morgan fingerprint density at radius 2 is 1.84 bits per heavy atom. The number of pyridine rings is 1. The molecule has 0 saturated heterocycles. The van der Waals surface area contributed by atoms with Crippen LogP contribution in [0.5, 0.6) is 5.75 Å². The zero-order chi connectivity index (χ0) is 26.5. The maximum absolute atomic E-state index is 12.9. The lowest BCUT2D eigenvalue weighted by Gasteiger charge is -2.19. The fourth-order valence-electron chi connectivity index (χ4n) is 4.07. The number of nitrogens with two attached hydrogens (primary N) is 2. The lowest BCUT2D eigenvalue weighted by Crippen LogP contribution is -2.37. The molecule has 9 heteroatoms. The Morgan fingerprint density at radius 3 is 2.49 bits per heavy atom. The van der Waals surface area contributed by atoms with Crippen molar-refractivity contribution < 1.29 is 19.4 Å². The zero-order valence-corrected chi connectivity index (χ0v) is 20.8. The molecule has 6 N–H and O–H groups in total. The Bertz CT molecular complexity index is 1410. The van der Waals surface area contributed by atoms with Gasteiger partial charge < -0.3 is 31.0 Å². The van der Waals surface area contributed by atoms with Crippen LogP contribution in [0.15, 0.2) is 67.0 Å². The summed E-state index contributed by atoms with van der Waals surface area (Å²) >= 11 is 0. The number of primary amides is 1. The number of amides is 2. The van der Waals surface area contributed by atoms with Gasteiger partial charge >= 0.3 is 0 Å². The molecule has 0 fully saturated rings. The highest BCUT2D eigenvalue weighted by Gasteiger charge is 2.16. The molecule has 0 aliphatic rings. The summed E-state index contributed by atoms with van der Waals surface area (Å²) in [5.74, 6) is -0.225. The van der Waals surface area contributed by atoms with Crippen molar-refractivity contribution in [2.45, 2.75) is 38.8 Å². The highest BCUT2D eigenvalue weighted by atomic mass is 16.5. The number of carbonyl (C=O) groups is 2. The van der Waals surface area contributed by atoms with Crippen LogP contribution in [0.2, 0.25) is 0 Å². The van der Waals surface area contributed by atoms with E-state index < -0.39 is 5.91 Å². The van der Waals surface area contributed by atoms with Crippen molar-refractivity contribution in [2.24, 2.45) is 5.73 Å². The molecule has 0 radical (unpaired) electrons. The first-order chi connectivity index (χ1) is 17.7. The van der Waals surface area contributed by atoms with Crippen molar-refractivity contribution in [1.82, 2.24) is 14.7 Å². The Morgan fingerprint density at radius 1 is 1.08 bits per heavy atom. The molecule has 2 heterocycles. The van der Waals surface area contributed by atoms with E-state index in [0.29, 0.717) is 41.1 Å². The van der Waals surface area contributed by atoms with Gasteiger partial charge in [-0.2, -0.15) is 0 Å². The molecule has 2 amide bonds. The number of fused-ring (bicyclic) bond motifs is 1. The van der Waals surface area contributed by atoms with Gasteiger partial charge in [0, 0.05) is 41.7 Å². The van der Waals surface area contributed by atoms with E-state index in [9.17, 15) is 14.7 Å². The van der Waals surface area contributed by atoms with Gasteiger partial charge in [-0.25, -0.2) is 4.98 Å². The third kappa shape index (κ3) is 6.25. The molecule has 2 aromatic heterocycles. The maximum atomic E-state index is 12.9. The summed E-state index contributed by atoms with van der Waals surface area (Å²) in [7, 11) is 0. The van der Waals surface area contributed by atoms with E-state index in [1.807, 2.05) is 48.7 Å². The van der Waals surface area contributed by atoms with E-state index in [1.54, 1.807) is 36.5 Å². The highest BCUT2D eigenvalue weighted by molar-refractivity contribution is 5.95. The van der Waals surface area contributed by atoms with Crippen LogP contribution >= 0.6 is 0 Å². The second-order valence-corrected chi connectivity index (χ2v) is 9.17. The van der Waals surface area contributed by atoms with Gasteiger partial charge in [-0.05, 0) is 62.6 Å². The van der Waals surface area contributed by atoms with Crippen molar-refractivity contribution in [2.75, 3.05) is 12.3 Å². The SMILES string of the molecule is CC(C)Oc1ccc(C(=O)N[C@H](CCO)Cc2ccc(-c3cn4ccc(C(N)=O)cc4n3)cc2)cc1N. The third-order valence-electron chi connectivity index (χ3n) is 5.92. The maximum Gasteiger partial charge on any atom is 0.251 e. The van der Waals surface area contributed by atoms with Gasteiger partial charge in [-0.15, -0.1) is 0 Å². The zero-order valence-electron chi connectivity index (χ0n) is 20.8. The fourth-order valence-corrected chi connectivity index (χ4v) is 4.07. The first-order valence-corrected chi connectivity index (χ1v) is 12.1. The number of benzene rings is 2. The number of aliphatic hydroxyl groups is 1. The van der Waals surface area contributed by atoms with E-state index in [0.717, 1.165) is 16.8 Å². The molecule has 1 atom stereocenters. The number of rotatable bonds is 10. The summed E-state index contributed by atoms with van der Waals surface area (Å²) in [4.78, 5) is 28.9. The molecule has 4 aromatic rings. The summed E-state index contributed by atoms with van der Waals surface area (Å²) < 4.78 is 7.47. The molecule has 0 bridgehead atoms. The normalized spacial score (nSPS) is 12.0. The first kappa shape index (κ1) is 25.7. The lowest BCUT2D eigenvalue weighted by molar-refractivity contribution is 0.0929. The van der Waals surface area contributed by atoms with Crippen molar-refractivity contribution in [3.8, 4) is 17.0 Å². The molecule has 37 heavy (non-hydrogen) atoms. The Labute approximate surface area is 215 Å². The van der Waals surface area contributed by atoms with Gasteiger partial charge in [0.2, 0.25) is 5.91 Å². The molecule has 2 aromatic carbocycles. The van der Waals surface area contributed by atoms with Gasteiger partial charge in [-0.1, -0.05) is 24.3 Å². The van der Waals surface area contributed by atoms with Crippen LogP contribution in [-0.4, -0.2) is 45.1 Å². The van der Waals surface area contributed by atoms with Crippen LogP contribution in [0.25, 0.3) is 16.9 Å². The number of ether oxygens (including phenoxy) is 1. The molecule has 0 saturated carbocycles. The van der Waals surface area contributed by atoms with Crippen LogP contribution in [-0.2, 0) is 6.42 Å². The minimum absolute atomic E-state index is 0.0234. The number of nitrogen functional groups attached to an aromatic ring is 1. The number of anilines is 1. The van der Waals surface area contributed by atoms with E-state index in [1.165, 1.54) is 0 Å². The van der Waals surface area contributed by atoms with Crippen LogP contribution in [0.1, 0.15) is 46.5 Å². The predicted octanol–water partition coefficient (Wildman–Crippen LogP) is 3.19. The lowest BCUT2D eigenvalue weighted by atomic mass is 10.0. The molecule has 0 aliphatic heterocycles. The summed E-state index contributed by atoms with van der Waals surface area (Å²) in [6.07, 6.45) is 4.56. The van der Waals surface area contributed by atoms with Gasteiger partial charge in [0.15, 0.2) is 0 Å². The third-order valence-corrected chi connectivity index (χ3v) is 5.92. The number of nitrogens with zero attached hydrogens (tertiary/aromatic N) is 2. The van der Waals surface area contributed by atoms with E-state index in [-0.39, 0.29) is 24.7 Å². The second kappa shape index (κ2) is 11.1. The molecular formula is C28H31N5O4. The topological polar surface area (TPSA) is 145 Å². The summed E-state index contributed by atoms with van der Waals surface area (Å²) in [6, 6.07) is 15.9. The minimum Gasteiger partial charge on any atom is -0.489 e. The van der Waals surface area contributed by atoms with Crippen LogP contribution in [0.4, 0.5) is 5.69 Å². The predicted molar refractivity (Wildman–Crippen MR) is 142 cm³/mol. The van der Waals surface area contributed by atoms with Crippen molar-refractivity contribution in [3.63, 3.8) is 0 Å². The number of imidazole rings is 1. The number of hydrogen-bond donors (Lipinski definition) is 4. The fraction of sp³-hybridized carbons (Fsp3) is 0.250. The summed E-state index contributed by atoms with van der Waals surface area (Å²) in [5.41, 5.74) is 16.0. The van der Waals surface area contributed by atoms with Gasteiger partial charge in [-0.3, -0.25) is 9.59 Å². The monoisotopic (exact) mass is 501 g/mol. The molecule has 0 aliphatic carbocycles. The minimum atomic E-state index is -0.499. The molecule has 4 rings (SSSR count). The number of carbonyl (C=O) groups excluding carboxylic acids is 2. The Hall–Kier alpha value is -4.37. The highest BCUT2D eigenvalue weighted by Crippen LogP contribution is 2.24. The van der Waals surface area contributed by atoms with Gasteiger partial charge in [0.1, 0.15) is 11.4 Å². The Balaban J connectivity index is 1.44.